The van der Waals surface area contributed by atoms with E-state index in [2.05, 4.69) is 18.9 Å². The summed E-state index contributed by atoms with van der Waals surface area (Å²) < 4.78 is 4.92. The number of likely N-dealkylation sites (tertiary alicyclic amines) is 1. The van der Waals surface area contributed by atoms with Crippen molar-refractivity contribution in [2.45, 2.75) is 25.5 Å². The summed E-state index contributed by atoms with van der Waals surface area (Å²) in [6.07, 6.45) is 0.756. The van der Waals surface area contributed by atoms with E-state index in [-0.39, 0.29) is 6.10 Å². The molecule has 0 aliphatic carbocycles. The topological polar surface area (TPSA) is 32.7 Å². The Labute approximate surface area is 74.3 Å². The number of hydrogen-bond donors (Lipinski definition) is 1. The largest absolute Gasteiger partial charge is 0.389 e. The van der Waals surface area contributed by atoms with Gasteiger partial charge in [-0.15, -0.1) is 0 Å². The maximum atomic E-state index is 9.67. The van der Waals surface area contributed by atoms with Crippen LogP contribution in [0.2, 0.25) is 0 Å². The number of aliphatic hydroxyl groups excluding tert-OH is 1. The van der Waals surface area contributed by atoms with Gasteiger partial charge in [0.25, 0.3) is 0 Å². The van der Waals surface area contributed by atoms with Gasteiger partial charge in [0.1, 0.15) is 0 Å². The summed E-state index contributed by atoms with van der Waals surface area (Å²) >= 11 is 0. The van der Waals surface area contributed by atoms with Crippen LogP contribution in [0, 0.1) is 5.92 Å². The van der Waals surface area contributed by atoms with Crippen LogP contribution in [0.1, 0.15) is 13.3 Å². The third-order valence-corrected chi connectivity index (χ3v) is 2.59. The molecule has 0 saturated carbocycles. The van der Waals surface area contributed by atoms with E-state index < -0.39 is 0 Å². The number of aliphatic hydroxyl groups is 1. The lowest BCUT2D eigenvalue weighted by molar-refractivity contribution is 0.0167. The average Bonchev–Trinajstić information content (AvgIpc) is 2.30. The molecular formula is C9H19NO2. The van der Waals surface area contributed by atoms with Gasteiger partial charge in [0.2, 0.25) is 0 Å². The predicted octanol–water partition coefficient (Wildman–Crippen LogP) is 0.334. The van der Waals surface area contributed by atoms with Gasteiger partial charge in [0.15, 0.2) is 0 Å². The van der Waals surface area contributed by atoms with Crippen LogP contribution in [0.15, 0.2) is 0 Å². The highest BCUT2D eigenvalue weighted by molar-refractivity contribution is 4.86. The SMILES string of the molecule is COCC(O)[C@H]1C[C@@H](C)CN1C. The minimum atomic E-state index is -0.329. The van der Waals surface area contributed by atoms with E-state index in [4.69, 9.17) is 4.74 Å². The zero-order valence-electron chi connectivity index (χ0n) is 8.16. The van der Waals surface area contributed by atoms with Gasteiger partial charge in [0.05, 0.1) is 12.7 Å². The molecule has 0 aromatic rings. The van der Waals surface area contributed by atoms with E-state index in [0.717, 1.165) is 13.0 Å². The Morgan fingerprint density at radius 3 is 2.75 bits per heavy atom. The fourth-order valence-electron chi connectivity index (χ4n) is 2.03. The van der Waals surface area contributed by atoms with Gasteiger partial charge >= 0.3 is 0 Å². The number of hydrogen-bond acceptors (Lipinski definition) is 3. The second-order valence-corrected chi connectivity index (χ2v) is 3.87. The molecule has 0 bridgehead atoms. The molecule has 1 fully saturated rings. The van der Waals surface area contributed by atoms with Gasteiger partial charge < -0.3 is 14.7 Å². The van der Waals surface area contributed by atoms with Crippen LogP contribution >= 0.6 is 0 Å². The first kappa shape index (κ1) is 9.96. The molecular weight excluding hydrogens is 154 g/mol. The Balaban J connectivity index is 2.40. The van der Waals surface area contributed by atoms with Crippen LogP contribution < -0.4 is 0 Å². The van der Waals surface area contributed by atoms with Gasteiger partial charge in [-0.05, 0) is 19.4 Å². The molecule has 72 valence electrons. The number of likely N-dealkylation sites (N-methyl/N-ethyl adjacent to an activating group) is 1. The molecule has 3 nitrogen and oxygen atoms in total. The molecule has 0 aromatic carbocycles. The lowest BCUT2D eigenvalue weighted by Crippen LogP contribution is -2.38. The molecule has 0 aromatic heterocycles. The molecule has 1 unspecified atom stereocenters. The molecule has 0 spiro atoms. The first-order valence-corrected chi connectivity index (χ1v) is 4.52. The van der Waals surface area contributed by atoms with Crippen LogP contribution in [0.25, 0.3) is 0 Å². The number of rotatable bonds is 3. The van der Waals surface area contributed by atoms with Crippen molar-refractivity contribution in [2.24, 2.45) is 5.92 Å². The fraction of sp³-hybridized carbons (Fsp3) is 1.00. The van der Waals surface area contributed by atoms with Crippen LogP contribution in [-0.2, 0) is 4.74 Å². The quantitative estimate of drug-likeness (QED) is 0.668. The molecule has 1 N–H and O–H groups in total. The third-order valence-electron chi connectivity index (χ3n) is 2.59. The zero-order valence-corrected chi connectivity index (χ0v) is 8.16. The van der Waals surface area contributed by atoms with Gasteiger partial charge in [-0.3, -0.25) is 0 Å². The molecule has 12 heavy (non-hydrogen) atoms. The monoisotopic (exact) mass is 173 g/mol. The Hall–Kier alpha value is -0.120. The second kappa shape index (κ2) is 4.21. The zero-order chi connectivity index (χ0) is 9.14. The average molecular weight is 173 g/mol. The summed E-state index contributed by atoms with van der Waals surface area (Å²) in [5, 5.41) is 9.67. The third kappa shape index (κ3) is 2.19. The smallest absolute Gasteiger partial charge is 0.0928 e. The normalized spacial score (nSPS) is 34.0. The van der Waals surface area contributed by atoms with E-state index in [1.54, 1.807) is 7.11 Å². The molecule has 3 atom stereocenters. The lowest BCUT2D eigenvalue weighted by Gasteiger charge is -2.24. The molecule has 1 rings (SSSR count). The lowest BCUT2D eigenvalue weighted by atomic mass is 10.0. The van der Waals surface area contributed by atoms with Crippen molar-refractivity contribution in [1.29, 1.82) is 0 Å². The van der Waals surface area contributed by atoms with E-state index >= 15 is 0 Å². The molecule has 1 aliphatic rings. The van der Waals surface area contributed by atoms with Crippen LogP contribution in [0.5, 0.6) is 0 Å². The first-order valence-electron chi connectivity index (χ1n) is 4.52. The summed E-state index contributed by atoms with van der Waals surface area (Å²) in [5.41, 5.74) is 0. The van der Waals surface area contributed by atoms with Crippen LogP contribution in [0.4, 0.5) is 0 Å². The highest BCUT2D eigenvalue weighted by Gasteiger charge is 2.31. The van der Waals surface area contributed by atoms with Crippen LogP contribution in [0.3, 0.4) is 0 Å². The Bertz CT molecular complexity index is 140. The number of methoxy groups -OCH3 is 1. The van der Waals surface area contributed by atoms with Crippen molar-refractivity contribution < 1.29 is 9.84 Å². The van der Waals surface area contributed by atoms with E-state index in [0.29, 0.717) is 18.6 Å². The highest BCUT2D eigenvalue weighted by atomic mass is 16.5. The van der Waals surface area contributed by atoms with Crippen molar-refractivity contribution in [3.63, 3.8) is 0 Å². The van der Waals surface area contributed by atoms with Gasteiger partial charge in [0, 0.05) is 19.7 Å². The maximum Gasteiger partial charge on any atom is 0.0928 e. The summed E-state index contributed by atoms with van der Waals surface area (Å²) in [5.74, 6) is 0.700. The fourth-order valence-corrected chi connectivity index (χ4v) is 2.03. The summed E-state index contributed by atoms with van der Waals surface area (Å²) in [4.78, 5) is 2.22. The maximum absolute atomic E-state index is 9.67. The van der Waals surface area contributed by atoms with E-state index in [9.17, 15) is 5.11 Å². The molecule has 0 radical (unpaired) electrons. The van der Waals surface area contributed by atoms with E-state index in [1.807, 2.05) is 0 Å². The molecule has 1 heterocycles. The van der Waals surface area contributed by atoms with Crippen molar-refractivity contribution in [2.75, 3.05) is 27.3 Å². The van der Waals surface area contributed by atoms with Gasteiger partial charge in [-0.25, -0.2) is 0 Å². The predicted molar refractivity (Wildman–Crippen MR) is 48.1 cm³/mol. The van der Waals surface area contributed by atoms with Gasteiger partial charge in [-0.2, -0.15) is 0 Å². The van der Waals surface area contributed by atoms with Crippen molar-refractivity contribution in [3.05, 3.63) is 0 Å². The molecule has 1 saturated heterocycles. The van der Waals surface area contributed by atoms with Crippen LogP contribution in [-0.4, -0.2) is 49.5 Å². The minimum absolute atomic E-state index is 0.292. The summed E-state index contributed by atoms with van der Waals surface area (Å²) in [6, 6.07) is 0.292. The van der Waals surface area contributed by atoms with Crippen molar-refractivity contribution >= 4 is 0 Å². The summed E-state index contributed by atoms with van der Waals surface area (Å²) in [7, 11) is 3.69. The number of ether oxygens (including phenoxy) is 1. The Kier molecular flexibility index (Phi) is 3.50. The van der Waals surface area contributed by atoms with E-state index in [1.165, 1.54) is 0 Å². The standard InChI is InChI=1S/C9H19NO2/c1-7-4-8(10(2)5-7)9(11)6-12-3/h7-9,11H,4-6H2,1-3H3/t7-,8-,9?/m1/s1. The Morgan fingerprint density at radius 1 is 1.67 bits per heavy atom. The molecule has 0 amide bonds. The Morgan fingerprint density at radius 2 is 2.33 bits per heavy atom. The first-order chi connectivity index (χ1) is 5.65. The second-order valence-electron chi connectivity index (χ2n) is 3.87. The van der Waals surface area contributed by atoms with Gasteiger partial charge in [-0.1, -0.05) is 6.92 Å². The minimum Gasteiger partial charge on any atom is -0.389 e. The van der Waals surface area contributed by atoms with Crippen molar-refractivity contribution in [1.82, 2.24) is 4.90 Å². The molecule has 1 aliphatic heterocycles. The summed E-state index contributed by atoms with van der Waals surface area (Å²) in [6.45, 7) is 3.75. The van der Waals surface area contributed by atoms with Crippen molar-refractivity contribution in [3.8, 4) is 0 Å². The molecule has 3 heteroatoms. The number of nitrogens with zero attached hydrogens (tertiary/aromatic N) is 1. The highest BCUT2D eigenvalue weighted by Crippen LogP contribution is 2.23.